The van der Waals surface area contributed by atoms with Gasteiger partial charge in [0.2, 0.25) is 5.89 Å². The van der Waals surface area contributed by atoms with Gasteiger partial charge in [-0.15, -0.1) is 0 Å². The minimum Gasteiger partial charge on any atom is -0.448 e. The van der Waals surface area contributed by atoms with Gasteiger partial charge in [0.15, 0.2) is 0 Å². The van der Waals surface area contributed by atoms with Gasteiger partial charge in [0, 0.05) is 51.3 Å². The highest BCUT2D eigenvalue weighted by atomic mass is 16.3. The van der Waals surface area contributed by atoms with Crippen molar-refractivity contribution < 1.29 is 4.42 Å². The van der Waals surface area contributed by atoms with Crippen molar-refractivity contribution in [3.8, 4) is 0 Å². The quantitative estimate of drug-likeness (QED) is 0.721. The number of fused-ring (bicyclic) bond motifs is 1. The number of anilines is 2. The van der Waals surface area contributed by atoms with Crippen molar-refractivity contribution in [1.82, 2.24) is 19.9 Å². The van der Waals surface area contributed by atoms with E-state index in [1.165, 1.54) is 5.69 Å². The van der Waals surface area contributed by atoms with Gasteiger partial charge in [0.05, 0.1) is 18.3 Å². The lowest BCUT2D eigenvalue weighted by molar-refractivity contribution is 0.226. The summed E-state index contributed by atoms with van der Waals surface area (Å²) in [5.74, 6) is 1.74. The van der Waals surface area contributed by atoms with E-state index >= 15 is 0 Å². The van der Waals surface area contributed by atoms with E-state index in [9.17, 15) is 0 Å². The molecule has 7 nitrogen and oxygen atoms in total. The zero-order valence-corrected chi connectivity index (χ0v) is 14.6. The van der Waals surface area contributed by atoms with Crippen molar-refractivity contribution in [2.45, 2.75) is 6.54 Å². The van der Waals surface area contributed by atoms with Gasteiger partial charge in [0.25, 0.3) is 0 Å². The highest BCUT2D eigenvalue weighted by Gasteiger charge is 2.19. The van der Waals surface area contributed by atoms with E-state index in [0.29, 0.717) is 0 Å². The van der Waals surface area contributed by atoms with Gasteiger partial charge in [-0.2, -0.15) is 0 Å². The molecule has 0 unspecified atom stereocenters. The van der Waals surface area contributed by atoms with Crippen LogP contribution in [0.2, 0.25) is 0 Å². The molecule has 0 bridgehead atoms. The van der Waals surface area contributed by atoms with Crippen LogP contribution in [0.5, 0.6) is 0 Å². The molecule has 3 heterocycles. The molecule has 3 aromatic rings. The molecule has 1 aliphatic rings. The number of piperazine rings is 1. The molecule has 0 saturated carbocycles. The number of aromatic nitrogens is 3. The molecule has 0 amide bonds. The molecule has 0 atom stereocenters. The largest absolute Gasteiger partial charge is 0.448 e. The van der Waals surface area contributed by atoms with Crippen molar-refractivity contribution in [2.75, 3.05) is 50.1 Å². The second-order valence-corrected chi connectivity index (χ2v) is 6.48. The molecule has 1 aromatic carbocycles. The van der Waals surface area contributed by atoms with Crippen LogP contribution in [0.3, 0.4) is 0 Å². The van der Waals surface area contributed by atoms with Crippen molar-refractivity contribution >= 4 is 22.4 Å². The Morgan fingerprint density at radius 2 is 1.92 bits per heavy atom. The third kappa shape index (κ3) is 3.28. The average Bonchev–Trinajstić information content (AvgIpc) is 3.14. The second-order valence-electron chi connectivity index (χ2n) is 6.48. The van der Waals surface area contributed by atoms with Crippen LogP contribution in [0.25, 0.3) is 10.9 Å². The second kappa shape index (κ2) is 6.68. The highest BCUT2D eigenvalue weighted by Crippen LogP contribution is 2.27. The lowest BCUT2D eigenvalue weighted by Crippen LogP contribution is -2.46. The summed E-state index contributed by atoms with van der Waals surface area (Å²) >= 11 is 0. The summed E-state index contributed by atoms with van der Waals surface area (Å²) in [5, 5.41) is 1.09. The topological polar surface area (TPSA) is 61.5 Å². The van der Waals surface area contributed by atoms with Crippen molar-refractivity contribution in [3.63, 3.8) is 0 Å². The third-order valence-corrected chi connectivity index (χ3v) is 4.60. The summed E-state index contributed by atoms with van der Waals surface area (Å²) < 4.78 is 5.35. The first kappa shape index (κ1) is 15.8. The predicted octanol–water partition coefficient (Wildman–Crippen LogP) is 2.01. The minimum absolute atomic E-state index is 0.775. The first-order chi connectivity index (χ1) is 12.2. The monoisotopic (exact) mass is 338 g/mol. The van der Waals surface area contributed by atoms with E-state index in [1.807, 2.05) is 19.0 Å². The van der Waals surface area contributed by atoms with Gasteiger partial charge in [-0.05, 0) is 18.2 Å². The summed E-state index contributed by atoms with van der Waals surface area (Å²) in [6.45, 7) is 4.73. The molecule has 25 heavy (non-hydrogen) atoms. The van der Waals surface area contributed by atoms with Crippen LogP contribution in [0.15, 0.2) is 41.4 Å². The number of benzene rings is 1. The normalized spacial score (nSPS) is 15.7. The van der Waals surface area contributed by atoms with Crippen molar-refractivity contribution in [3.05, 3.63) is 42.9 Å². The van der Waals surface area contributed by atoms with Gasteiger partial charge >= 0.3 is 0 Å². The van der Waals surface area contributed by atoms with Crippen molar-refractivity contribution in [1.29, 1.82) is 0 Å². The molecule has 130 valence electrons. The SMILES string of the molecule is CN(C)c1ncnc2ccc(N3CCN(Cc4ncco4)CC3)cc12. The Bertz CT molecular complexity index is 840. The summed E-state index contributed by atoms with van der Waals surface area (Å²) in [6, 6.07) is 6.44. The third-order valence-electron chi connectivity index (χ3n) is 4.60. The molecule has 0 spiro atoms. The molecule has 0 N–H and O–H groups in total. The van der Waals surface area contributed by atoms with E-state index in [4.69, 9.17) is 4.42 Å². The summed E-state index contributed by atoms with van der Waals surface area (Å²) in [4.78, 5) is 19.8. The molecular formula is C18H22N6O. The molecule has 1 saturated heterocycles. The standard InChI is InChI=1S/C18H22N6O/c1-22(2)18-15-11-14(3-4-16(15)20-13-21-18)24-8-6-23(7-9-24)12-17-19-5-10-25-17/h3-5,10-11,13H,6-9,12H2,1-2H3. The maximum absolute atomic E-state index is 5.35. The van der Waals surface area contributed by atoms with Gasteiger partial charge in [0.1, 0.15) is 18.4 Å². The number of rotatable bonds is 4. The predicted molar refractivity (Wildman–Crippen MR) is 97.9 cm³/mol. The Hall–Kier alpha value is -2.67. The Kier molecular flexibility index (Phi) is 4.23. The summed E-state index contributed by atoms with van der Waals surface area (Å²) in [5.41, 5.74) is 2.20. The first-order valence-corrected chi connectivity index (χ1v) is 8.48. The molecule has 0 radical (unpaired) electrons. The van der Waals surface area contributed by atoms with E-state index < -0.39 is 0 Å². The molecule has 7 heteroatoms. The van der Waals surface area contributed by atoms with Crippen LogP contribution in [-0.2, 0) is 6.54 Å². The van der Waals surface area contributed by atoms with E-state index in [-0.39, 0.29) is 0 Å². The van der Waals surface area contributed by atoms with E-state index in [0.717, 1.165) is 55.3 Å². The molecule has 1 fully saturated rings. The Balaban J connectivity index is 1.50. The van der Waals surface area contributed by atoms with Crippen molar-refractivity contribution in [2.24, 2.45) is 0 Å². The lowest BCUT2D eigenvalue weighted by atomic mass is 10.1. The number of hydrogen-bond acceptors (Lipinski definition) is 7. The Labute approximate surface area is 146 Å². The lowest BCUT2D eigenvalue weighted by Gasteiger charge is -2.35. The fraction of sp³-hybridized carbons (Fsp3) is 0.389. The van der Waals surface area contributed by atoms with Crippen LogP contribution < -0.4 is 9.80 Å². The van der Waals surface area contributed by atoms with Gasteiger partial charge < -0.3 is 14.2 Å². The fourth-order valence-corrected chi connectivity index (χ4v) is 3.27. The van der Waals surface area contributed by atoms with Crippen LogP contribution in [0.4, 0.5) is 11.5 Å². The zero-order valence-electron chi connectivity index (χ0n) is 14.6. The molecule has 2 aromatic heterocycles. The average molecular weight is 338 g/mol. The smallest absolute Gasteiger partial charge is 0.208 e. The fourth-order valence-electron chi connectivity index (χ4n) is 3.27. The number of nitrogens with zero attached hydrogens (tertiary/aromatic N) is 6. The molecular weight excluding hydrogens is 316 g/mol. The first-order valence-electron chi connectivity index (χ1n) is 8.48. The number of oxazole rings is 1. The highest BCUT2D eigenvalue weighted by molar-refractivity contribution is 5.91. The van der Waals surface area contributed by atoms with Gasteiger partial charge in [-0.3, -0.25) is 4.90 Å². The molecule has 1 aliphatic heterocycles. The maximum Gasteiger partial charge on any atom is 0.208 e. The van der Waals surface area contributed by atoms with Crippen LogP contribution >= 0.6 is 0 Å². The Morgan fingerprint density at radius 3 is 2.64 bits per heavy atom. The van der Waals surface area contributed by atoms with E-state index in [2.05, 4.69) is 43.0 Å². The van der Waals surface area contributed by atoms with Gasteiger partial charge in [-0.1, -0.05) is 0 Å². The summed E-state index contributed by atoms with van der Waals surface area (Å²) in [7, 11) is 4.02. The Morgan fingerprint density at radius 1 is 1.08 bits per heavy atom. The maximum atomic E-state index is 5.35. The van der Waals surface area contributed by atoms with Crippen LogP contribution in [0.1, 0.15) is 5.89 Å². The van der Waals surface area contributed by atoms with Crippen LogP contribution in [-0.4, -0.2) is 60.1 Å². The minimum atomic E-state index is 0.775. The molecule has 0 aliphatic carbocycles. The molecule has 4 rings (SSSR count). The van der Waals surface area contributed by atoms with E-state index in [1.54, 1.807) is 18.8 Å². The zero-order chi connectivity index (χ0) is 17.2. The number of hydrogen-bond donors (Lipinski definition) is 0. The van der Waals surface area contributed by atoms with Gasteiger partial charge in [-0.25, -0.2) is 15.0 Å². The summed E-state index contributed by atoms with van der Waals surface area (Å²) in [6.07, 6.45) is 4.95. The van der Waals surface area contributed by atoms with Crippen LogP contribution in [0, 0.1) is 0 Å².